The number of benzene rings is 2. The largest absolute Gasteiger partial charge is 0.340 e. The first-order valence-electron chi connectivity index (χ1n) is 8.65. The standard InChI is InChI=1S/C21H22N4O2/c1-12-5-6-14(3)17(9-12)25-21(27)19-18(22-11-23-19)20(26)24-16-8-7-13(2)15(4)10-16/h5-11H,1-4H3,(H,22,23)(H,24,26)(H,25,27). The lowest BCUT2D eigenvalue weighted by atomic mass is 10.1. The highest BCUT2D eigenvalue weighted by Crippen LogP contribution is 2.19. The molecule has 1 aromatic heterocycles. The number of carbonyl (C=O) groups is 2. The number of hydrogen-bond donors (Lipinski definition) is 3. The lowest BCUT2D eigenvalue weighted by Gasteiger charge is -2.10. The topological polar surface area (TPSA) is 86.9 Å². The van der Waals surface area contributed by atoms with Gasteiger partial charge in [-0.1, -0.05) is 18.2 Å². The number of carbonyl (C=O) groups excluding carboxylic acids is 2. The zero-order valence-electron chi connectivity index (χ0n) is 15.8. The van der Waals surface area contributed by atoms with Crippen molar-refractivity contribution in [1.82, 2.24) is 9.97 Å². The molecule has 0 atom stereocenters. The molecule has 0 unspecified atom stereocenters. The van der Waals surface area contributed by atoms with Gasteiger partial charge in [-0.25, -0.2) is 4.98 Å². The van der Waals surface area contributed by atoms with E-state index >= 15 is 0 Å². The molecule has 0 aliphatic carbocycles. The van der Waals surface area contributed by atoms with Crippen LogP contribution in [0.3, 0.4) is 0 Å². The van der Waals surface area contributed by atoms with Crippen LogP contribution in [0.2, 0.25) is 0 Å². The van der Waals surface area contributed by atoms with E-state index in [1.807, 2.05) is 64.1 Å². The highest BCUT2D eigenvalue weighted by Gasteiger charge is 2.21. The van der Waals surface area contributed by atoms with Crippen LogP contribution in [-0.2, 0) is 0 Å². The van der Waals surface area contributed by atoms with Gasteiger partial charge in [-0.05, 0) is 68.1 Å². The molecule has 0 saturated heterocycles. The molecule has 6 heteroatoms. The monoisotopic (exact) mass is 362 g/mol. The number of aromatic nitrogens is 2. The Kier molecular flexibility index (Phi) is 5.07. The molecule has 1 heterocycles. The second-order valence-electron chi connectivity index (χ2n) is 6.65. The molecular formula is C21H22N4O2. The molecule has 0 saturated carbocycles. The zero-order chi connectivity index (χ0) is 19.6. The van der Waals surface area contributed by atoms with Gasteiger partial charge in [0.15, 0.2) is 5.69 Å². The average Bonchev–Trinajstić information content (AvgIpc) is 3.11. The summed E-state index contributed by atoms with van der Waals surface area (Å²) < 4.78 is 0. The Balaban J connectivity index is 1.80. The van der Waals surface area contributed by atoms with Crippen molar-refractivity contribution in [1.29, 1.82) is 0 Å². The van der Waals surface area contributed by atoms with Gasteiger partial charge in [0.2, 0.25) is 0 Å². The van der Waals surface area contributed by atoms with Gasteiger partial charge in [0.25, 0.3) is 11.8 Å². The Morgan fingerprint density at radius 1 is 0.852 bits per heavy atom. The molecule has 3 rings (SSSR count). The SMILES string of the molecule is Cc1ccc(C)c(NC(=O)c2nc[nH]c2C(=O)Nc2ccc(C)c(C)c2)c1. The van der Waals surface area contributed by atoms with Crippen LogP contribution in [0.5, 0.6) is 0 Å². The van der Waals surface area contributed by atoms with Crippen LogP contribution in [-0.4, -0.2) is 21.8 Å². The number of amides is 2. The van der Waals surface area contributed by atoms with Crippen molar-refractivity contribution in [2.24, 2.45) is 0 Å². The molecule has 0 bridgehead atoms. The lowest BCUT2D eigenvalue weighted by Crippen LogP contribution is -2.20. The minimum absolute atomic E-state index is 0.0530. The van der Waals surface area contributed by atoms with Crippen molar-refractivity contribution in [2.45, 2.75) is 27.7 Å². The van der Waals surface area contributed by atoms with Crippen molar-refractivity contribution >= 4 is 23.2 Å². The predicted molar refractivity (Wildman–Crippen MR) is 106 cm³/mol. The number of imidazole rings is 1. The van der Waals surface area contributed by atoms with Crippen molar-refractivity contribution in [3.05, 3.63) is 76.4 Å². The molecule has 3 N–H and O–H groups in total. The molecule has 0 radical (unpaired) electrons. The molecule has 3 aromatic rings. The van der Waals surface area contributed by atoms with Gasteiger partial charge in [0, 0.05) is 11.4 Å². The molecule has 0 aliphatic rings. The van der Waals surface area contributed by atoms with Gasteiger partial charge in [0.05, 0.1) is 6.33 Å². The van der Waals surface area contributed by atoms with E-state index in [4.69, 9.17) is 0 Å². The van der Waals surface area contributed by atoms with Gasteiger partial charge < -0.3 is 15.6 Å². The first-order valence-corrected chi connectivity index (χ1v) is 8.65. The van der Waals surface area contributed by atoms with Crippen molar-refractivity contribution < 1.29 is 9.59 Å². The Morgan fingerprint density at radius 2 is 1.59 bits per heavy atom. The number of aromatic amines is 1. The third-order valence-electron chi connectivity index (χ3n) is 4.49. The number of H-pyrrole nitrogens is 1. The minimum atomic E-state index is -0.435. The van der Waals surface area contributed by atoms with Crippen LogP contribution in [0.1, 0.15) is 43.2 Å². The second-order valence-corrected chi connectivity index (χ2v) is 6.65. The summed E-state index contributed by atoms with van der Waals surface area (Å²) in [6, 6.07) is 11.4. The maximum Gasteiger partial charge on any atom is 0.276 e. The molecule has 0 fully saturated rings. The summed E-state index contributed by atoms with van der Waals surface area (Å²) in [5.41, 5.74) is 5.72. The van der Waals surface area contributed by atoms with E-state index in [-0.39, 0.29) is 11.4 Å². The summed E-state index contributed by atoms with van der Waals surface area (Å²) in [5, 5.41) is 5.63. The third kappa shape index (κ3) is 4.06. The van der Waals surface area contributed by atoms with Crippen molar-refractivity contribution in [3.8, 4) is 0 Å². The quantitative estimate of drug-likeness (QED) is 0.652. The average molecular weight is 362 g/mol. The minimum Gasteiger partial charge on any atom is -0.340 e. The Hall–Kier alpha value is -3.41. The van der Waals surface area contributed by atoms with Gasteiger partial charge in [0.1, 0.15) is 5.69 Å². The number of nitrogens with one attached hydrogen (secondary N) is 3. The zero-order valence-corrected chi connectivity index (χ0v) is 15.8. The molecular weight excluding hydrogens is 340 g/mol. The molecule has 138 valence electrons. The highest BCUT2D eigenvalue weighted by atomic mass is 16.2. The van der Waals surface area contributed by atoms with E-state index in [9.17, 15) is 9.59 Å². The van der Waals surface area contributed by atoms with Crippen LogP contribution in [0.25, 0.3) is 0 Å². The fraction of sp³-hybridized carbons (Fsp3) is 0.190. The van der Waals surface area contributed by atoms with Crippen LogP contribution in [0, 0.1) is 27.7 Å². The maximum atomic E-state index is 12.6. The number of nitrogens with zero attached hydrogens (tertiary/aromatic N) is 1. The maximum absolute atomic E-state index is 12.6. The Bertz CT molecular complexity index is 1020. The summed E-state index contributed by atoms with van der Waals surface area (Å²) in [5.74, 6) is -0.850. The van der Waals surface area contributed by atoms with Crippen LogP contribution in [0.4, 0.5) is 11.4 Å². The summed E-state index contributed by atoms with van der Waals surface area (Å²) in [4.78, 5) is 32.0. The van der Waals surface area contributed by atoms with Crippen molar-refractivity contribution in [3.63, 3.8) is 0 Å². The van der Waals surface area contributed by atoms with Gasteiger partial charge >= 0.3 is 0 Å². The molecule has 2 amide bonds. The number of rotatable bonds is 4. The van der Waals surface area contributed by atoms with Gasteiger partial charge in [-0.15, -0.1) is 0 Å². The van der Waals surface area contributed by atoms with Gasteiger partial charge in [-0.3, -0.25) is 9.59 Å². The molecule has 0 aliphatic heterocycles. The third-order valence-corrected chi connectivity index (χ3v) is 4.49. The van der Waals surface area contributed by atoms with E-state index in [1.165, 1.54) is 6.33 Å². The van der Waals surface area contributed by atoms with E-state index < -0.39 is 11.8 Å². The smallest absolute Gasteiger partial charge is 0.276 e. The fourth-order valence-electron chi connectivity index (χ4n) is 2.70. The Labute approximate surface area is 158 Å². The number of aryl methyl sites for hydroxylation is 4. The first kappa shape index (κ1) is 18.4. The molecule has 0 spiro atoms. The normalized spacial score (nSPS) is 10.5. The molecule has 2 aromatic carbocycles. The summed E-state index contributed by atoms with van der Waals surface area (Å²) in [6.07, 6.45) is 1.34. The first-order chi connectivity index (χ1) is 12.8. The van der Waals surface area contributed by atoms with Gasteiger partial charge in [-0.2, -0.15) is 0 Å². The van der Waals surface area contributed by atoms with E-state index in [0.29, 0.717) is 11.4 Å². The molecule has 27 heavy (non-hydrogen) atoms. The summed E-state index contributed by atoms with van der Waals surface area (Å²) >= 11 is 0. The van der Waals surface area contributed by atoms with Crippen LogP contribution < -0.4 is 10.6 Å². The molecule has 6 nitrogen and oxygen atoms in total. The summed E-state index contributed by atoms with van der Waals surface area (Å²) in [6.45, 7) is 7.84. The summed E-state index contributed by atoms with van der Waals surface area (Å²) in [7, 11) is 0. The number of anilines is 2. The second kappa shape index (κ2) is 7.45. The van der Waals surface area contributed by atoms with Crippen molar-refractivity contribution in [2.75, 3.05) is 10.6 Å². The predicted octanol–water partition coefficient (Wildman–Crippen LogP) is 4.15. The van der Waals surface area contributed by atoms with Crippen LogP contribution in [0.15, 0.2) is 42.7 Å². The highest BCUT2D eigenvalue weighted by molar-refractivity contribution is 6.13. The van der Waals surface area contributed by atoms with E-state index in [1.54, 1.807) is 0 Å². The fourth-order valence-corrected chi connectivity index (χ4v) is 2.70. The Morgan fingerprint density at radius 3 is 2.33 bits per heavy atom. The van der Waals surface area contributed by atoms with E-state index in [2.05, 4.69) is 20.6 Å². The lowest BCUT2D eigenvalue weighted by molar-refractivity contribution is 0.0985. The number of hydrogen-bond acceptors (Lipinski definition) is 3. The van der Waals surface area contributed by atoms with Crippen LogP contribution >= 0.6 is 0 Å². The van der Waals surface area contributed by atoms with E-state index in [0.717, 1.165) is 22.3 Å².